The molecule has 0 aliphatic carbocycles. The maximum atomic E-state index is 12.0. The van der Waals surface area contributed by atoms with E-state index in [1.165, 1.54) is 0 Å². The van der Waals surface area contributed by atoms with E-state index in [-0.39, 0.29) is 11.6 Å². The lowest BCUT2D eigenvalue weighted by molar-refractivity contribution is 0.0950. The number of anilines is 1. The van der Waals surface area contributed by atoms with Crippen molar-refractivity contribution in [1.82, 2.24) is 25.5 Å². The van der Waals surface area contributed by atoms with Crippen LogP contribution in [-0.4, -0.2) is 39.2 Å². The number of nitrogens with zero attached hydrogens (tertiary/aromatic N) is 3. The van der Waals surface area contributed by atoms with E-state index in [2.05, 4.69) is 37.7 Å². The molecule has 0 bridgehead atoms. The van der Waals surface area contributed by atoms with E-state index in [1.807, 2.05) is 13.0 Å². The number of aromatic nitrogens is 4. The molecule has 0 radical (unpaired) electrons. The molecule has 0 fully saturated rings. The van der Waals surface area contributed by atoms with Crippen LogP contribution in [0.3, 0.4) is 0 Å². The fraction of sp³-hybridized carbons (Fsp3) is 0.500. The van der Waals surface area contributed by atoms with Crippen molar-refractivity contribution in [3.8, 4) is 0 Å². The Bertz CT molecular complexity index is 700. The van der Waals surface area contributed by atoms with E-state index >= 15 is 0 Å². The predicted molar refractivity (Wildman–Crippen MR) is 94.5 cm³/mol. The minimum atomic E-state index is -0.298. The molecule has 0 unspecified atom stereocenters. The molecule has 8 heteroatoms. The summed E-state index contributed by atoms with van der Waals surface area (Å²) in [5.74, 6) is 1.33. The van der Waals surface area contributed by atoms with Gasteiger partial charge in [0.2, 0.25) is 0 Å². The van der Waals surface area contributed by atoms with E-state index in [0.29, 0.717) is 23.8 Å². The molecule has 2 heterocycles. The Balaban J connectivity index is 1.82. The highest BCUT2D eigenvalue weighted by atomic mass is 35.5. The molecule has 0 aliphatic rings. The Morgan fingerprint density at radius 2 is 2.08 bits per heavy atom. The van der Waals surface area contributed by atoms with Crippen LogP contribution >= 0.6 is 11.6 Å². The molecule has 0 aliphatic heterocycles. The highest BCUT2D eigenvalue weighted by molar-refractivity contribution is 6.34. The van der Waals surface area contributed by atoms with Crippen molar-refractivity contribution in [2.45, 2.75) is 40.0 Å². The van der Waals surface area contributed by atoms with Crippen LogP contribution < -0.4 is 10.6 Å². The molecule has 24 heavy (non-hydrogen) atoms. The fourth-order valence-electron chi connectivity index (χ4n) is 2.18. The lowest BCUT2D eigenvalue weighted by Gasteiger charge is -2.09. The number of unbranched alkanes of at least 4 members (excludes halogenated alkanes) is 1. The van der Waals surface area contributed by atoms with Crippen LogP contribution in [0.4, 0.5) is 5.82 Å². The second-order valence-corrected chi connectivity index (χ2v) is 5.99. The smallest absolute Gasteiger partial charge is 0.273 e. The second kappa shape index (κ2) is 8.63. The summed E-state index contributed by atoms with van der Waals surface area (Å²) in [6.07, 6.45) is 3.06. The number of carbonyl (C=O) groups is 1. The largest absolute Gasteiger partial charge is 0.368 e. The molecule has 3 N–H and O–H groups in total. The highest BCUT2D eigenvalue weighted by Gasteiger charge is 2.15. The summed E-state index contributed by atoms with van der Waals surface area (Å²) in [5, 5.41) is 12.9. The van der Waals surface area contributed by atoms with E-state index in [4.69, 9.17) is 11.6 Å². The molecular weight excluding hydrogens is 328 g/mol. The van der Waals surface area contributed by atoms with Gasteiger partial charge in [0.1, 0.15) is 11.6 Å². The SMILES string of the molecule is CCCCc1nc(C)cc(NCCNC(=O)c2n[nH]c(C)c2Cl)n1. The maximum Gasteiger partial charge on any atom is 0.273 e. The van der Waals surface area contributed by atoms with Gasteiger partial charge in [-0.1, -0.05) is 24.9 Å². The first-order valence-corrected chi connectivity index (χ1v) is 8.46. The zero-order valence-corrected chi connectivity index (χ0v) is 15.0. The van der Waals surface area contributed by atoms with E-state index in [0.717, 1.165) is 36.6 Å². The number of halogens is 1. The minimum absolute atomic E-state index is 0.217. The number of nitrogens with one attached hydrogen (secondary N) is 3. The molecular formula is C16H23ClN6O. The van der Waals surface area contributed by atoms with Gasteiger partial charge in [0, 0.05) is 31.3 Å². The molecule has 0 spiro atoms. The number of hydrogen-bond donors (Lipinski definition) is 3. The number of aromatic amines is 1. The molecule has 0 saturated carbocycles. The zero-order valence-electron chi connectivity index (χ0n) is 14.2. The van der Waals surface area contributed by atoms with Crippen molar-refractivity contribution >= 4 is 23.3 Å². The van der Waals surface area contributed by atoms with Gasteiger partial charge in [0.25, 0.3) is 5.91 Å². The lowest BCUT2D eigenvalue weighted by atomic mass is 10.2. The molecule has 2 aromatic rings. The topological polar surface area (TPSA) is 95.6 Å². The average molecular weight is 351 g/mol. The summed E-state index contributed by atoms with van der Waals surface area (Å²) in [7, 11) is 0. The van der Waals surface area contributed by atoms with Crippen molar-refractivity contribution < 1.29 is 4.79 Å². The quantitative estimate of drug-likeness (QED) is 0.636. The Hall–Kier alpha value is -2.15. The molecule has 1 amide bonds. The Labute approximate surface area is 146 Å². The molecule has 2 aromatic heterocycles. The van der Waals surface area contributed by atoms with Crippen LogP contribution in [0.25, 0.3) is 0 Å². The maximum absolute atomic E-state index is 12.0. The van der Waals surface area contributed by atoms with Gasteiger partial charge in [-0.05, 0) is 20.3 Å². The van der Waals surface area contributed by atoms with Crippen LogP contribution in [0.5, 0.6) is 0 Å². The molecule has 2 rings (SSSR count). The second-order valence-electron chi connectivity index (χ2n) is 5.61. The van der Waals surface area contributed by atoms with Crippen molar-refractivity contribution in [3.63, 3.8) is 0 Å². The first-order chi connectivity index (χ1) is 11.5. The van der Waals surface area contributed by atoms with E-state index in [1.54, 1.807) is 6.92 Å². The number of aryl methyl sites for hydroxylation is 3. The molecule has 130 valence electrons. The summed E-state index contributed by atoms with van der Waals surface area (Å²) in [6, 6.07) is 1.89. The molecule has 7 nitrogen and oxygen atoms in total. The van der Waals surface area contributed by atoms with Gasteiger partial charge in [0.15, 0.2) is 5.69 Å². The summed E-state index contributed by atoms with van der Waals surface area (Å²) in [5.41, 5.74) is 1.83. The van der Waals surface area contributed by atoms with Crippen molar-refractivity contribution in [1.29, 1.82) is 0 Å². The third-order valence-corrected chi connectivity index (χ3v) is 3.92. The van der Waals surface area contributed by atoms with Crippen LogP contribution in [0.1, 0.15) is 47.5 Å². The number of rotatable bonds is 8. The zero-order chi connectivity index (χ0) is 17.5. The van der Waals surface area contributed by atoms with Gasteiger partial charge < -0.3 is 10.6 Å². The number of H-pyrrole nitrogens is 1. The number of carbonyl (C=O) groups excluding carboxylic acids is 1. The molecule has 0 saturated heterocycles. The standard InChI is InChI=1S/C16H23ClN6O/c1-4-5-6-12-20-10(2)9-13(21-12)18-7-8-19-16(24)15-14(17)11(3)22-23-15/h9H,4-8H2,1-3H3,(H,19,24)(H,22,23)(H,18,20,21). The average Bonchev–Trinajstić information content (AvgIpc) is 2.88. The Morgan fingerprint density at radius 1 is 1.29 bits per heavy atom. The van der Waals surface area contributed by atoms with Crippen LogP contribution in [-0.2, 0) is 6.42 Å². The van der Waals surface area contributed by atoms with Crippen molar-refractivity contribution in [3.05, 3.63) is 34.0 Å². The third-order valence-electron chi connectivity index (χ3n) is 3.46. The Morgan fingerprint density at radius 3 is 2.75 bits per heavy atom. The Kier molecular flexibility index (Phi) is 6.54. The summed E-state index contributed by atoms with van der Waals surface area (Å²) in [4.78, 5) is 20.9. The number of hydrogen-bond acceptors (Lipinski definition) is 5. The molecule has 0 aromatic carbocycles. The van der Waals surface area contributed by atoms with Crippen molar-refractivity contribution in [2.24, 2.45) is 0 Å². The lowest BCUT2D eigenvalue weighted by Crippen LogP contribution is -2.29. The van der Waals surface area contributed by atoms with Gasteiger partial charge >= 0.3 is 0 Å². The minimum Gasteiger partial charge on any atom is -0.368 e. The van der Waals surface area contributed by atoms with Crippen LogP contribution in [0.2, 0.25) is 5.02 Å². The highest BCUT2D eigenvalue weighted by Crippen LogP contribution is 2.16. The molecule has 0 atom stereocenters. The summed E-state index contributed by atoms with van der Waals surface area (Å²) in [6.45, 7) is 6.85. The summed E-state index contributed by atoms with van der Waals surface area (Å²) >= 11 is 6.00. The number of amides is 1. The van der Waals surface area contributed by atoms with Crippen molar-refractivity contribution in [2.75, 3.05) is 18.4 Å². The van der Waals surface area contributed by atoms with Gasteiger partial charge in [-0.2, -0.15) is 5.10 Å². The van der Waals surface area contributed by atoms with Crippen LogP contribution in [0.15, 0.2) is 6.07 Å². The monoisotopic (exact) mass is 350 g/mol. The van der Waals surface area contributed by atoms with Gasteiger partial charge in [0.05, 0.1) is 10.7 Å². The third kappa shape index (κ3) is 4.92. The van der Waals surface area contributed by atoms with Gasteiger partial charge in [-0.15, -0.1) is 0 Å². The van der Waals surface area contributed by atoms with Gasteiger partial charge in [-0.25, -0.2) is 9.97 Å². The predicted octanol–water partition coefficient (Wildman–Crippen LogP) is 2.65. The normalized spacial score (nSPS) is 10.7. The first kappa shape index (κ1) is 18.2. The van der Waals surface area contributed by atoms with E-state index < -0.39 is 0 Å². The fourth-order valence-corrected chi connectivity index (χ4v) is 2.35. The first-order valence-electron chi connectivity index (χ1n) is 8.08. The van der Waals surface area contributed by atoms with E-state index in [9.17, 15) is 4.79 Å². The summed E-state index contributed by atoms with van der Waals surface area (Å²) < 4.78 is 0. The van der Waals surface area contributed by atoms with Gasteiger partial charge in [-0.3, -0.25) is 9.89 Å². The van der Waals surface area contributed by atoms with Crippen LogP contribution in [0, 0.1) is 13.8 Å².